The van der Waals surface area contributed by atoms with Gasteiger partial charge >= 0.3 is 0 Å². The number of hydrogen-bond acceptors (Lipinski definition) is 7. The lowest BCUT2D eigenvalue weighted by molar-refractivity contribution is 0.320. The lowest BCUT2D eigenvalue weighted by atomic mass is 9.83. The summed E-state index contributed by atoms with van der Waals surface area (Å²) in [6, 6.07) is 1.49. The molecule has 140 valence electrons. The predicted molar refractivity (Wildman–Crippen MR) is 99.6 cm³/mol. The third-order valence-corrected chi connectivity index (χ3v) is 3.91. The third kappa shape index (κ3) is 6.27. The number of rotatable bonds is 4. The van der Waals surface area contributed by atoms with Crippen LogP contribution in [0.5, 0.6) is 11.5 Å². The van der Waals surface area contributed by atoms with Crippen molar-refractivity contribution in [3.05, 3.63) is 23.1 Å². The maximum atomic E-state index is 9.95. The van der Waals surface area contributed by atoms with Crippen LogP contribution in [0.15, 0.2) is 10.6 Å². The Labute approximate surface area is 149 Å². The van der Waals surface area contributed by atoms with E-state index in [1.54, 1.807) is 13.8 Å². The SMILES string of the molecule is Cc1nc(-c2cc(O)c(O)c(C)c2CC(C)(C)C)no1.OCC[PH2+]O. The van der Waals surface area contributed by atoms with Gasteiger partial charge in [0.25, 0.3) is 0 Å². The molecule has 0 bridgehead atoms. The first-order chi connectivity index (χ1) is 11.6. The second kappa shape index (κ2) is 9.13. The Hall–Kier alpha value is -1.69. The molecule has 0 radical (unpaired) electrons. The Morgan fingerprint density at radius 1 is 1.20 bits per heavy atom. The van der Waals surface area contributed by atoms with Crippen LogP contribution in [0, 0.1) is 19.3 Å². The Kier molecular flexibility index (Phi) is 7.80. The van der Waals surface area contributed by atoms with Gasteiger partial charge in [-0.25, -0.2) is 0 Å². The Morgan fingerprint density at radius 3 is 2.24 bits per heavy atom. The van der Waals surface area contributed by atoms with Crippen molar-refractivity contribution >= 4 is 8.81 Å². The van der Waals surface area contributed by atoms with Gasteiger partial charge in [0.15, 0.2) is 11.5 Å². The standard InChI is InChI=1S/C15H20N2O3.C2H7O2P/c1-8-11(7-15(3,4)5)10(6-12(18)13(8)19)14-16-9(2)20-17-14;3-1-2-5-4/h6,18-19H,7H2,1-5H3;3-5H,1-2H2/p+1. The summed E-state index contributed by atoms with van der Waals surface area (Å²) in [6.07, 6.45) is 1.32. The van der Waals surface area contributed by atoms with Crippen LogP contribution in [-0.2, 0) is 6.42 Å². The second-order valence-corrected chi connectivity index (χ2v) is 7.91. The van der Waals surface area contributed by atoms with Crippen molar-refractivity contribution in [2.24, 2.45) is 5.41 Å². The zero-order chi connectivity index (χ0) is 19.2. The van der Waals surface area contributed by atoms with Crippen LogP contribution in [0.4, 0.5) is 0 Å². The predicted octanol–water partition coefficient (Wildman–Crippen LogP) is 2.65. The van der Waals surface area contributed by atoms with E-state index in [2.05, 4.69) is 30.9 Å². The molecule has 0 aliphatic heterocycles. The topological polar surface area (TPSA) is 120 Å². The number of aromatic nitrogens is 2. The first kappa shape index (κ1) is 21.4. The fraction of sp³-hybridized carbons (Fsp3) is 0.529. The first-order valence-electron chi connectivity index (χ1n) is 8.02. The van der Waals surface area contributed by atoms with Crippen molar-refractivity contribution in [2.45, 2.75) is 41.0 Å². The molecule has 0 saturated heterocycles. The van der Waals surface area contributed by atoms with Gasteiger partial charge in [-0.2, -0.15) is 4.98 Å². The lowest BCUT2D eigenvalue weighted by Gasteiger charge is -2.22. The van der Waals surface area contributed by atoms with E-state index in [0.717, 1.165) is 12.0 Å². The molecule has 1 aromatic heterocycles. The minimum atomic E-state index is -0.464. The molecule has 0 spiro atoms. The normalized spacial score (nSPS) is 11.6. The molecule has 1 atom stereocenters. The highest BCUT2D eigenvalue weighted by Gasteiger charge is 2.22. The van der Waals surface area contributed by atoms with Crippen LogP contribution >= 0.6 is 8.81 Å². The van der Waals surface area contributed by atoms with Crippen molar-refractivity contribution in [1.82, 2.24) is 10.1 Å². The highest BCUT2D eigenvalue weighted by atomic mass is 31.1. The molecule has 1 unspecified atom stereocenters. The molecule has 2 aromatic rings. The molecule has 7 nitrogen and oxygen atoms in total. The number of benzene rings is 1. The molecule has 4 N–H and O–H groups in total. The van der Waals surface area contributed by atoms with Crippen molar-refractivity contribution in [2.75, 3.05) is 12.8 Å². The van der Waals surface area contributed by atoms with E-state index in [0.29, 0.717) is 29.0 Å². The summed E-state index contributed by atoms with van der Waals surface area (Å²) in [5.41, 5.74) is 2.30. The third-order valence-electron chi connectivity index (χ3n) is 3.39. The molecule has 8 heteroatoms. The monoisotopic (exact) mass is 371 g/mol. The van der Waals surface area contributed by atoms with Gasteiger partial charge in [-0.05, 0) is 36.0 Å². The zero-order valence-corrected chi connectivity index (χ0v) is 16.5. The van der Waals surface area contributed by atoms with Crippen LogP contribution in [0.1, 0.15) is 37.8 Å². The van der Waals surface area contributed by atoms with Gasteiger partial charge < -0.3 is 19.8 Å². The maximum absolute atomic E-state index is 9.95. The lowest BCUT2D eigenvalue weighted by Crippen LogP contribution is -2.11. The second-order valence-electron chi connectivity index (χ2n) is 6.96. The average Bonchev–Trinajstić information content (AvgIpc) is 2.94. The first-order valence-corrected chi connectivity index (χ1v) is 9.35. The Bertz CT molecular complexity index is 693. The van der Waals surface area contributed by atoms with Crippen LogP contribution in [0.25, 0.3) is 11.4 Å². The van der Waals surface area contributed by atoms with Gasteiger partial charge in [0.1, 0.15) is 15.0 Å². The van der Waals surface area contributed by atoms with E-state index in [9.17, 15) is 10.2 Å². The molecule has 0 saturated carbocycles. The number of phenols is 2. The smallest absolute Gasteiger partial charge is 0.223 e. The molecule has 2 rings (SSSR count). The van der Waals surface area contributed by atoms with E-state index in [1.165, 1.54) is 6.07 Å². The fourth-order valence-corrected chi connectivity index (χ4v) is 2.37. The zero-order valence-electron chi connectivity index (χ0n) is 15.4. The summed E-state index contributed by atoms with van der Waals surface area (Å²) in [5, 5.41) is 31.6. The van der Waals surface area contributed by atoms with Gasteiger partial charge in [-0.3, -0.25) is 4.89 Å². The van der Waals surface area contributed by atoms with Gasteiger partial charge in [0.05, 0.1) is 6.61 Å². The maximum Gasteiger partial charge on any atom is 0.223 e. The summed E-state index contributed by atoms with van der Waals surface area (Å²) in [6.45, 7) is 9.97. The van der Waals surface area contributed by atoms with E-state index >= 15 is 0 Å². The molecular formula is C17H28N2O5P+. The molecule has 1 aromatic carbocycles. The summed E-state index contributed by atoms with van der Waals surface area (Å²) < 4.78 is 5.01. The summed E-state index contributed by atoms with van der Waals surface area (Å²) in [5.74, 6) is 0.637. The molecular weight excluding hydrogens is 343 g/mol. The molecule has 0 amide bonds. The van der Waals surface area contributed by atoms with E-state index in [-0.39, 0.29) is 23.5 Å². The van der Waals surface area contributed by atoms with Crippen molar-refractivity contribution in [3.63, 3.8) is 0 Å². The number of aromatic hydroxyl groups is 2. The van der Waals surface area contributed by atoms with Crippen LogP contribution in [0.3, 0.4) is 0 Å². The molecule has 0 fully saturated rings. The van der Waals surface area contributed by atoms with E-state index in [4.69, 9.17) is 14.5 Å². The van der Waals surface area contributed by atoms with E-state index < -0.39 is 8.81 Å². The largest absolute Gasteiger partial charge is 0.504 e. The van der Waals surface area contributed by atoms with Crippen LogP contribution in [0.2, 0.25) is 0 Å². The molecule has 25 heavy (non-hydrogen) atoms. The fourth-order valence-electron chi connectivity index (χ4n) is 2.25. The summed E-state index contributed by atoms with van der Waals surface area (Å²) in [4.78, 5) is 12.2. The average molecular weight is 371 g/mol. The highest BCUT2D eigenvalue weighted by Crippen LogP contribution is 2.39. The van der Waals surface area contributed by atoms with Gasteiger partial charge in [0, 0.05) is 12.5 Å². The number of phenolic OH excluding ortho intramolecular Hbond substituents is 2. The van der Waals surface area contributed by atoms with Gasteiger partial charge in [0.2, 0.25) is 11.7 Å². The number of aliphatic hydroxyl groups excluding tert-OH is 1. The summed E-state index contributed by atoms with van der Waals surface area (Å²) >= 11 is 0. The Balaban J connectivity index is 0.000000550. The number of aliphatic hydroxyl groups is 1. The van der Waals surface area contributed by atoms with Crippen LogP contribution in [-0.4, -0.2) is 43.1 Å². The van der Waals surface area contributed by atoms with Gasteiger partial charge in [-0.1, -0.05) is 25.9 Å². The van der Waals surface area contributed by atoms with Crippen molar-refractivity contribution < 1.29 is 24.7 Å². The number of nitrogens with zero attached hydrogens (tertiary/aromatic N) is 2. The number of hydrogen-bond donors (Lipinski definition) is 4. The van der Waals surface area contributed by atoms with Crippen molar-refractivity contribution in [3.8, 4) is 22.9 Å². The van der Waals surface area contributed by atoms with Gasteiger partial charge in [-0.15, -0.1) is 0 Å². The molecule has 1 heterocycles. The van der Waals surface area contributed by atoms with Crippen LogP contribution < -0.4 is 0 Å². The summed E-state index contributed by atoms with van der Waals surface area (Å²) in [7, 11) is -0.464. The number of aryl methyl sites for hydroxylation is 1. The minimum absolute atomic E-state index is 0.0295. The quantitative estimate of drug-likeness (QED) is 0.482. The highest BCUT2D eigenvalue weighted by molar-refractivity contribution is 7.31. The molecule has 0 aliphatic carbocycles. The molecule has 0 aliphatic rings. The van der Waals surface area contributed by atoms with Crippen molar-refractivity contribution in [1.29, 1.82) is 0 Å². The van der Waals surface area contributed by atoms with E-state index in [1.807, 2.05) is 0 Å². The Morgan fingerprint density at radius 2 is 1.84 bits per heavy atom. The minimum Gasteiger partial charge on any atom is -0.504 e.